The van der Waals surface area contributed by atoms with Gasteiger partial charge in [-0.3, -0.25) is 0 Å². The number of hydrogen-bond donors (Lipinski definition) is 1. The Morgan fingerprint density at radius 2 is 1.93 bits per heavy atom. The molecule has 76 valence electrons. The molecule has 0 aliphatic heterocycles. The van der Waals surface area contributed by atoms with Crippen LogP contribution in [0.3, 0.4) is 0 Å². The van der Waals surface area contributed by atoms with Crippen molar-refractivity contribution < 1.29 is 5.11 Å². The molecular formula is C12H16OSe. The van der Waals surface area contributed by atoms with Gasteiger partial charge >= 0.3 is 91.8 Å². The molecule has 0 unspecified atom stereocenters. The van der Waals surface area contributed by atoms with E-state index < -0.39 is 0 Å². The third kappa shape index (κ3) is 4.61. The molecule has 1 N–H and O–H groups in total. The van der Waals surface area contributed by atoms with E-state index in [-0.39, 0.29) is 0 Å². The van der Waals surface area contributed by atoms with E-state index in [9.17, 15) is 0 Å². The molecule has 0 amide bonds. The molecule has 0 saturated carbocycles. The van der Waals surface area contributed by atoms with E-state index in [1.165, 1.54) is 8.93 Å². The molecule has 1 aromatic carbocycles. The second-order valence-electron chi connectivity index (χ2n) is 3.13. The molecule has 0 bridgehead atoms. The van der Waals surface area contributed by atoms with Gasteiger partial charge in [-0.05, 0) is 0 Å². The summed E-state index contributed by atoms with van der Waals surface area (Å²) in [5, 5.41) is 8.64. The SMILES string of the molecule is C=C(CCCCO)[Se]c1ccccc1. The third-order valence-corrected chi connectivity index (χ3v) is 3.97. The van der Waals surface area contributed by atoms with Crippen molar-refractivity contribution in [2.45, 2.75) is 19.3 Å². The Bertz CT molecular complexity index is 269. The van der Waals surface area contributed by atoms with Crippen LogP contribution in [-0.2, 0) is 0 Å². The third-order valence-electron chi connectivity index (χ3n) is 1.87. The predicted octanol–water partition coefficient (Wildman–Crippen LogP) is 1.69. The van der Waals surface area contributed by atoms with E-state index >= 15 is 0 Å². The number of aliphatic hydroxyl groups is 1. The summed E-state index contributed by atoms with van der Waals surface area (Å²) in [4.78, 5) is 0. The van der Waals surface area contributed by atoms with Crippen molar-refractivity contribution in [3.63, 3.8) is 0 Å². The molecule has 0 heterocycles. The summed E-state index contributed by atoms with van der Waals surface area (Å²) < 4.78 is 2.70. The van der Waals surface area contributed by atoms with Gasteiger partial charge in [0.15, 0.2) is 0 Å². The Morgan fingerprint density at radius 3 is 2.57 bits per heavy atom. The van der Waals surface area contributed by atoms with Crippen molar-refractivity contribution in [1.29, 1.82) is 0 Å². The molecule has 0 fully saturated rings. The number of allylic oxidation sites excluding steroid dienone is 1. The first-order valence-electron chi connectivity index (χ1n) is 4.84. The van der Waals surface area contributed by atoms with Crippen LogP contribution >= 0.6 is 0 Å². The van der Waals surface area contributed by atoms with Crippen LogP contribution in [0, 0.1) is 0 Å². The quantitative estimate of drug-likeness (QED) is 0.606. The van der Waals surface area contributed by atoms with Gasteiger partial charge in [0.05, 0.1) is 0 Å². The maximum absolute atomic E-state index is 8.64. The first-order valence-corrected chi connectivity index (χ1v) is 6.56. The van der Waals surface area contributed by atoms with Gasteiger partial charge in [0.1, 0.15) is 0 Å². The van der Waals surface area contributed by atoms with E-state index in [2.05, 4.69) is 30.8 Å². The Hall–Kier alpha value is -0.561. The first-order chi connectivity index (χ1) is 6.83. The Morgan fingerprint density at radius 1 is 1.21 bits per heavy atom. The number of aliphatic hydroxyl groups excluding tert-OH is 1. The van der Waals surface area contributed by atoms with Crippen LogP contribution < -0.4 is 4.46 Å². The topological polar surface area (TPSA) is 20.2 Å². The molecule has 1 rings (SSSR count). The summed E-state index contributed by atoms with van der Waals surface area (Å²) in [5.41, 5.74) is 0. The molecule has 0 radical (unpaired) electrons. The van der Waals surface area contributed by atoms with Gasteiger partial charge in [-0.25, -0.2) is 0 Å². The number of rotatable bonds is 6. The van der Waals surface area contributed by atoms with Crippen molar-refractivity contribution in [2.24, 2.45) is 0 Å². The van der Waals surface area contributed by atoms with Crippen molar-refractivity contribution in [2.75, 3.05) is 6.61 Å². The van der Waals surface area contributed by atoms with Crippen molar-refractivity contribution in [3.8, 4) is 0 Å². The van der Waals surface area contributed by atoms with Gasteiger partial charge in [-0.2, -0.15) is 0 Å². The molecule has 1 nitrogen and oxygen atoms in total. The van der Waals surface area contributed by atoms with Crippen LogP contribution in [0.4, 0.5) is 0 Å². The minimum absolute atomic E-state index is 0.297. The summed E-state index contributed by atoms with van der Waals surface area (Å²) >= 11 is 0.400. The van der Waals surface area contributed by atoms with Crippen molar-refractivity contribution >= 4 is 19.4 Å². The first kappa shape index (κ1) is 11.5. The molecular weight excluding hydrogens is 239 g/mol. The monoisotopic (exact) mass is 256 g/mol. The van der Waals surface area contributed by atoms with Crippen molar-refractivity contribution in [1.82, 2.24) is 0 Å². The van der Waals surface area contributed by atoms with E-state index in [0.29, 0.717) is 21.6 Å². The van der Waals surface area contributed by atoms with E-state index in [4.69, 9.17) is 5.11 Å². The zero-order valence-corrected chi connectivity index (χ0v) is 9.99. The second kappa shape index (κ2) is 6.83. The van der Waals surface area contributed by atoms with E-state index in [0.717, 1.165) is 19.3 Å². The van der Waals surface area contributed by atoms with E-state index in [1.807, 2.05) is 6.07 Å². The molecule has 1 aromatic rings. The van der Waals surface area contributed by atoms with Crippen molar-refractivity contribution in [3.05, 3.63) is 41.4 Å². The molecule has 0 aliphatic rings. The summed E-state index contributed by atoms with van der Waals surface area (Å²) in [6, 6.07) is 10.5. The van der Waals surface area contributed by atoms with E-state index in [1.54, 1.807) is 0 Å². The van der Waals surface area contributed by atoms with Crippen LogP contribution in [0.2, 0.25) is 0 Å². The Balaban J connectivity index is 2.27. The molecule has 0 saturated heterocycles. The summed E-state index contributed by atoms with van der Waals surface area (Å²) in [7, 11) is 0. The van der Waals surface area contributed by atoms with Crippen LogP contribution in [-0.4, -0.2) is 26.7 Å². The molecule has 0 aromatic heterocycles. The van der Waals surface area contributed by atoms with Crippen LogP contribution in [0.5, 0.6) is 0 Å². The van der Waals surface area contributed by atoms with Crippen LogP contribution in [0.25, 0.3) is 0 Å². The maximum atomic E-state index is 8.64. The number of benzene rings is 1. The minimum atomic E-state index is 0.297. The van der Waals surface area contributed by atoms with Gasteiger partial charge in [0.25, 0.3) is 0 Å². The Labute approximate surface area is 92.0 Å². The van der Waals surface area contributed by atoms with Gasteiger partial charge in [-0.1, -0.05) is 0 Å². The van der Waals surface area contributed by atoms with Gasteiger partial charge in [-0.15, -0.1) is 0 Å². The second-order valence-corrected chi connectivity index (χ2v) is 5.76. The number of unbranched alkanes of at least 4 members (excludes halogenated alkanes) is 1. The fourth-order valence-corrected chi connectivity index (χ4v) is 2.97. The molecule has 0 spiro atoms. The normalized spacial score (nSPS) is 10.1. The fourth-order valence-electron chi connectivity index (χ4n) is 1.14. The molecule has 2 heteroatoms. The van der Waals surface area contributed by atoms with Crippen LogP contribution in [0.1, 0.15) is 19.3 Å². The van der Waals surface area contributed by atoms with Gasteiger partial charge in [0.2, 0.25) is 0 Å². The molecule has 0 atom stereocenters. The molecule has 14 heavy (non-hydrogen) atoms. The average molecular weight is 255 g/mol. The zero-order chi connectivity index (χ0) is 10.2. The van der Waals surface area contributed by atoms with Crippen LogP contribution in [0.15, 0.2) is 41.4 Å². The predicted molar refractivity (Wildman–Crippen MR) is 61.9 cm³/mol. The summed E-state index contributed by atoms with van der Waals surface area (Å²) in [5.74, 6) is 0. The fraction of sp³-hybridized carbons (Fsp3) is 0.333. The van der Waals surface area contributed by atoms with Gasteiger partial charge < -0.3 is 0 Å². The summed E-state index contributed by atoms with van der Waals surface area (Å²) in [6.45, 7) is 4.37. The average Bonchev–Trinajstić information content (AvgIpc) is 2.20. The summed E-state index contributed by atoms with van der Waals surface area (Å²) in [6.07, 6.45) is 3.00. The van der Waals surface area contributed by atoms with Gasteiger partial charge in [0, 0.05) is 0 Å². The standard InChI is InChI=1S/C12H16OSe/c1-11(7-5-6-10-13)14-12-8-3-2-4-9-12/h2-4,8-9,13H,1,5-7,10H2. The number of hydrogen-bond acceptors (Lipinski definition) is 1. The molecule has 0 aliphatic carbocycles. The zero-order valence-electron chi connectivity index (χ0n) is 8.28. The Kier molecular flexibility index (Phi) is 5.62.